The monoisotopic (exact) mass is 425 g/mol. The molecule has 152 valence electrons. The van der Waals surface area contributed by atoms with Gasteiger partial charge in [-0.1, -0.05) is 18.9 Å². The van der Waals surface area contributed by atoms with Crippen LogP contribution < -0.4 is 71.9 Å². The van der Waals surface area contributed by atoms with Crippen LogP contribution in [-0.2, 0) is 11.2 Å². The summed E-state index contributed by atoms with van der Waals surface area (Å²) in [6, 6.07) is 3.62. The van der Waals surface area contributed by atoms with Gasteiger partial charge in [0.25, 0.3) is 0 Å². The number of hydrogen-bond donors (Lipinski definition) is 2. The van der Waals surface area contributed by atoms with Crippen LogP contribution in [0.3, 0.4) is 0 Å². The number of aliphatic carboxylic acids is 1. The number of carboxylic acids is 1. The number of nitrogens with one attached hydrogen (secondary N) is 2. The number of carbonyl (C=O) groups is 2. The fourth-order valence-corrected chi connectivity index (χ4v) is 4.70. The van der Waals surface area contributed by atoms with E-state index in [4.69, 9.17) is 4.74 Å². The molecule has 7 nitrogen and oxygen atoms in total. The third-order valence-electron chi connectivity index (χ3n) is 6.16. The van der Waals surface area contributed by atoms with Crippen LogP contribution in [0.2, 0.25) is 0 Å². The van der Waals surface area contributed by atoms with Crippen molar-refractivity contribution in [1.82, 2.24) is 15.5 Å². The molecule has 0 aromatic heterocycles. The van der Waals surface area contributed by atoms with Crippen LogP contribution >= 0.6 is 0 Å². The quantitative estimate of drug-likeness (QED) is 0.514. The summed E-state index contributed by atoms with van der Waals surface area (Å²) in [7, 11) is 0. The van der Waals surface area contributed by atoms with Crippen LogP contribution in [0.15, 0.2) is 18.2 Å². The fourth-order valence-electron chi connectivity index (χ4n) is 4.70. The number of likely N-dealkylation sites (tertiary alicyclic amines) is 1. The van der Waals surface area contributed by atoms with Crippen molar-refractivity contribution in [2.24, 2.45) is 5.92 Å². The molecule has 2 N–H and O–H groups in total. The van der Waals surface area contributed by atoms with Crippen LogP contribution in [0.25, 0.3) is 0 Å². The van der Waals surface area contributed by atoms with E-state index < -0.39 is 18.0 Å². The standard InChI is InChI=1S/C21H29N3O4.K/c25-20(26)19(16-5-6-18-15(11-16)8-10-28-18)23-21(27)22-17-7-9-24(13-17)12-14-3-1-2-4-14;/h5-6,11,14,17,19H,1-4,7-10,12-13H2,(H,25,26)(H2,22,23,27);/q;+1/p-1. The summed E-state index contributed by atoms with van der Waals surface area (Å²) in [6.07, 6.45) is 6.94. The molecule has 0 bridgehead atoms. The van der Waals surface area contributed by atoms with Crippen molar-refractivity contribution in [3.8, 4) is 5.75 Å². The molecule has 2 atom stereocenters. The molecule has 0 radical (unpaired) electrons. The molecule has 1 aromatic carbocycles. The van der Waals surface area contributed by atoms with Gasteiger partial charge < -0.3 is 30.2 Å². The second-order valence-electron chi connectivity index (χ2n) is 8.23. The molecule has 1 saturated heterocycles. The Morgan fingerprint density at radius 3 is 2.79 bits per heavy atom. The van der Waals surface area contributed by atoms with Gasteiger partial charge in [-0.2, -0.15) is 0 Å². The van der Waals surface area contributed by atoms with E-state index in [1.807, 2.05) is 0 Å². The molecule has 29 heavy (non-hydrogen) atoms. The zero-order chi connectivity index (χ0) is 19.5. The van der Waals surface area contributed by atoms with E-state index in [0.29, 0.717) is 12.2 Å². The van der Waals surface area contributed by atoms with Gasteiger partial charge in [-0.25, -0.2) is 4.79 Å². The number of fused-ring (bicyclic) bond motifs is 1. The van der Waals surface area contributed by atoms with Crippen LogP contribution in [0.5, 0.6) is 5.75 Å². The maximum atomic E-state index is 12.4. The third kappa shape index (κ3) is 5.95. The van der Waals surface area contributed by atoms with Gasteiger partial charge in [0.2, 0.25) is 0 Å². The van der Waals surface area contributed by atoms with Crippen molar-refractivity contribution in [2.45, 2.75) is 50.6 Å². The molecule has 2 aliphatic heterocycles. The number of ether oxygens (including phenoxy) is 1. The molecule has 1 aromatic rings. The summed E-state index contributed by atoms with van der Waals surface area (Å²) < 4.78 is 5.45. The first-order valence-corrected chi connectivity index (χ1v) is 10.3. The van der Waals surface area contributed by atoms with Gasteiger partial charge in [0.05, 0.1) is 18.6 Å². The molecule has 3 aliphatic rings. The number of benzene rings is 1. The Morgan fingerprint density at radius 1 is 1.24 bits per heavy atom. The number of carbonyl (C=O) groups excluding carboxylic acids is 2. The minimum absolute atomic E-state index is 0. The van der Waals surface area contributed by atoms with Crippen molar-refractivity contribution in [3.05, 3.63) is 29.3 Å². The summed E-state index contributed by atoms with van der Waals surface area (Å²) in [5.74, 6) is 0.251. The van der Waals surface area contributed by atoms with Crippen molar-refractivity contribution < 1.29 is 70.8 Å². The Bertz CT molecular complexity index is 739. The van der Waals surface area contributed by atoms with Gasteiger partial charge in [-0.05, 0) is 48.4 Å². The van der Waals surface area contributed by atoms with Gasteiger partial charge in [0.1, 0.15) is 5.75 Å². The van der Waals surface area contributed by atoms with E-state index in [9.17, 15) is 14.7 Å². The first-order chi connectivity index (χ1) is 13.6. The Labute approximate surface area is 214 Å². The summed E-state index contributed by atoms with van der Waals surface area (Å²) in [6.45, 7) is 3.52. The smallest absolute Gasteiger partial charge is 0.548 e. The fraction of sp³-hybridized carbons (Fsp3) is 0.619. The number of rotatable bonds is 6. The average molecular weight is 426 g/mol. The van der Waals surface area contributed by atoms with Crippen molar-refractivity contribution >= 4 is 12.0 Å². The number of amides is 2. The van der Waals surface area contributed by atoms with E-state index in [1.165, 1.54) is 25.7 Å². The minimum atomic E-state index is -1.32. The molecular formula is C21H28KN3O4. The molecule has 2 unspecified atom stereocenters. The normalized spacial score (nSPS) is 22.4. The van der Waals surface area contributed by atoms with Crippen molar-refractivity contribution in [2.75, 3.05) is 26.2 Å². The Kier molecular flexibility index (Phi) is 8.41. The largest absolute Gasteiger partial charge is 1.00 e. The Hall–Kier alpha value is -0.644. The molecule has 2 fully saturated rings. The summed E-state index contributed by atoms with van der Waals surface area (Å²) in [5.41, 5.74) is 1.47. The third-order valence-corrected chi connectivity index (χ3v) is 6.16. The van der Waals surface area contributed by atoms with E-state index in [0.717, 1.165) is 49.7 Å². The zero-order valence-corrected chi connectivity index (χ0v) is 20.2. The van der Waals surface area contributed by atoms with Crippen LogP contribution in [0, 0.1) is 5.92 Å². The minimum Gasteiger partial charge on any atom is -0.548 e. The van der Waals surface area contributed by atoms with Gasteiger partial charge >= 0.3 is 57.4 Å². The van der Waals surface area contributed by atoms with Gasteiger partial charge in [0.15, 0.2) is 0 Å². The van der Waals surface area contributed by atoms with E-state index in [-0.39, 0.29) is 57.4 Å². The van der Waals surface area contributed by atoms with Crippen LogP contribution in [-0.4, -0.2) is 49.2 Å². The number of hydrogen-bond acceptors (Lipinski definition) is 5. The molecule has 2 amide bonds. The first-order valence-electron chi connectivity index (χ1n) is 10.3. The zero-order valence-electron chi connectivity index (χ0n) is 17.1. The molecular weight excluding hydrogens is 397 g/mol. The van der Waals surface area contributed by atoms with Crippen LogP contribution in [0.1, 0.15) is 49.3 Å². The second kappa shape index (κ2) is 10.6. The number of nitrogens with zero attached hydrogens (tertiary/aromatic N) is 1. The van der Waals surface area contributed by atoms with Gasteiger partial charge in [0, 0.05) is 32.1 Å². The van der Waals surface area contributed by atoms with Crippen molar-refractivity contribution in [1.29, 1.82) is 0 Å². The Balaban J connectivity index is 0.00000240. The number of urea groups is 1. The van der Waals surface area contributed by atoms with Crippen LogP contribution in [0.4, 0.5) is 4.79 Å². The second-order valence-corrected chi connectivity index (χ2v) is 8.23. The first kappa shape index (κ1) is 23.0. The SMILES string of the molecule is O=C(NC1CCN(CC2CCCC2)C1)NC(C(=O)[O-])c1ccc2c(c1)CCO2.[K+]. The topological polar surface area (TPSA) is 93.7 Å². The Morgan fingerprint density at radius 2 is 2.03 bits per heavy atom. The molecule has 2 heterocycles. The molecule has 0 spiro atoms. The molecule has 8 heteroatoms. The van der Waals surface area contributed by atoms with Crippen molar-refractivity contribution in [3.63, 3.8) is 0 Å². The number of carboxylic acid groups (broad SMARTS) is 1. The molecule has 1 aliphatic carbocycles. The average Bonchev–Trinajstić information content (AvgIpc) is 3.41. The molecule has 1 saturated carbocycles. The molecule has 4 rings (SSSR count). The summed E-state index contributed by atoms with van der Waals surface area (Å²) in [4.78, 5) is 26.5. The predicted molar refractivity (Wildman–Crippen MR) is 102 cm³/mol. The van der Waals surface area contributed by atoms with E-state index >= 15 is 0 Å². The maximum absolute atomic E-state index is 12.4. The van der Waals surface area contributed by atoms with Gasteiger partial charge in [-0.15, -0.1) is 0 Å². The van der Waals surface area contributed by atoms with E-state index in [1.54, 1.807) is 18.2 Å². The van der Waals surface area contributed by atoms with Gasteiger partial charge in [-0.3, -0.25) is 0 Å². The summed E-state index contributed by atoms with van der Waals surface area (Å²) >= 11 is 0. The van der Waals surface area contributed by atoms with E-state index in [2.05, 4.69) is 15.5 Å². The summed E-state index contributed by atoms with van der Waals surface area (Å²) in [5, 5.41) is 17.1. The maximum Gasteiger partial charge on any atom is 1.00 e. The predicted octanol–water partition coefficient (Wildman–Crippen LogP) is -2.02.